The first-order valence-electron chi connectivity index (χ1n) is 5.93. The molecule has 0 heterocycles. The van der Waals surface area contributed by atoms with Crippen LogP contribution in [0.2, 0.25) is 0 Å². The Labute approximate surface area is 126 Å². The Kier molecular flexibility index (Phi) is 5.20. The predicted octanol–water partition coefficient (Wildman–Crippen LogP) is 3.42. The van der Waals surface area contributed by atoms with Gasteiger partial charge in [0, 0.05) is 14.7 Å². The van der Waals surface area contributed by atoms with Crippen LogP contribution < -0.4 is 10.2 Å². The monoisotopic (exact) mass is 366 g/mol. The zero-order chi connectivity index (χ0) is 13.5. The fraction of sp³-hybridized carbons (Fsp3) is 0.133. The highest BCUT2D eigenvalue weighted by atomic mass is 127. The van der Waals surface area contributed by atoms with Crippen LogP contribution in [0.4, 0.5) is 0 Å². The largest absolute Gasteiger partial charge is 0.496 e. The smallest absolute Gasteiger partial charge is 0.123 e. The van der Waals surface area contributed by atoms with E-state index in [1.807, 2.05) is 48.7 Å². The first-order chi connectivity index (χ1) is 9.31. The Bertz CT molecular complexity index is 570. The first-order valence-corrected chi connectivity index (χ1v) is 7.01. The van der Waals surface area contributed by atoms with Crippen LogP contribution in [0.25, 0.3) is 0 Å². The number of hydrogen-bond donors (Lipinski definition) is 1. The van der Waals surface area contributed by atoms with Crippen molar-refractivity contribution in [3.63, 3.8) is 0 Å². The van der Waals surface area contributed by atoms with E-state index in [0.717, 1.165) is 16.9 Å². The Balaban J connectivity index is 1.95. The summed E-state index contributed by atoms with van der Waals surface area (Å²) in [6.45, 7) is 0.643. The molecule has 0 aliphatic carbocycles. The Hall–Kier alpha value is -1.56. The lowest BCUT2D eigenvalue weighted by Crippen LogP contribution is -2.07. The van der Waals surface area contributed by atoms with Crippen LogP contribution in [0.5, 0.6) is 5.75 Å². The average molecular weight is 366 g/mol. The molecule has 0 spiro atoms. The zero-order valence-electron chi connectivity index (χ0n) is 10.6. The van der Waals surface area contributed by atoms with Gasteiger partial charge in [-0.3, -0.25) is 0 Å². The van der Waals surface area contributed by atoms with Crippen LogP contribution in [0.1, 0.15) is 11.1 Å². The maximum Gasteiger partial charge on any atom is 0.123 e. The van der Waals surface area contributed by atoms with E-state index >= 15 is 0 Å². The molecule has 0 fully saturated rings. The fourth-order valence-electron chi connectivity index (χ4n) is 1.67. The third-order valence-corrected chi connectivity index (χ3v) is 3.64. The summed E-state index contributed by atoms with van der Waals surface area (Å²) >= 11 is 2.30. The van der Waals surface area contributed by atoms with E-state index in [2.05, 4.69) is 39.2 Å². The molecule has 0 atom stereocenters. The first kappa shape index (κ1) is 13.9. The molecule has 3 nitrogen and oxygen atoms in total. The Morgan fingerprint density at radius 2 is 1.89 bits per heavy atom. The summed E-state index contributed by atoms with van der Waals surface area (Å²) < 4.78 is 6.47. The molecule has 0 aliphatic heterocycles. The van der Waals surface area contributed by atoms with Gasteiger partial charge >= 0.3 is 0 Å². The third-order valence-electron chi connectivity index (χ3n) is 2.66. The number of rotatable bonds is 5. The summed E-state index contributed by atoms with van der Waals surface area (Å²) in [7, 11) is 1.68. The van der Waals surface area contributed by atoms with Crippen molar-refractivity contribution in [2.24, 2.45) is 5.10 Å². The number of ether oxygens (including phenoxy) is 1. The molecule has 0 radical (unpaired) electrons. The lowest BCUT2D eigenvalue weighted by atomic mass is 10.2. The highest BCUT2D eigenvalue weighted by molar-refractivity contribution is 14.1. The number of halogens is 1. The number of nitrogens with zero attached hydrogens (tertiary/aromatic N) is 1. The molecular weight excluding hydrogens is 351 g/mol. The number of hydrogen-bond acceptors (Lipinski definition) is 3. The minimum Gasteiger partial charge on any atom is -0.496 e. The standard InChI is InChI=1S/C15H15IN2O/c1-19-15-9-5-3-7-13(15)11-18-17-10-12-6-2-4-8-14(12)16/h2-10,18H,11H2,1H3/b17-10+. The van der Waals surface area contributed by atoms with Crippen LogP contribution in [0.15, 0.2) is 53.6 Å². The number of methoxy groups -OCH3 is 1. The van der Waals surface area contributed by atoms with Gasteiger partial charge in [-0.15, -0.1) is 0 Å². The van der Waals surface area contributed by atoms with Gasteiger partial charge in [-0.05, 0) is 34.7 Å². The van der Waals surface area contributed by atoms with Gasteiger partial charge in [-0.2, -0.15) is 5.10 Å². The molecule has 0 aliphatic rings. The van der Waals surface area contributed by atoms with E-state index in [-0.39, 0.29) is 0 Å². The molecular formula is C15H15IN2O. The van der Waals surface area contributed by atoms with Gasteiger partial charge in [0.25, 0.3) is 0 Å². The van der Waals surface area contributed by atoms with E-state index in [1.54, 1.807) is 7.11 Å². The molecule has 19 heavy (non-hydrogen) atoms. The SMILES string of the molecule is COc1ccccc1CN/N=C/c1ccccc1I. The maximum absolute atomic E-state index is 5.29. The fourth-order valence-corrected chi connectivity index (χ4v) is 2.20. The minimum atomic E-state index is 0.643. The Morgan fingerprint density at radius 3 is 2.68 bits per heavy atom. The van der Waals surface area contributed by atoms with Gasteiger partial charge in [-0.25, -0.2) is 0 Å². The van der Waals surface area contributed by atoms with Gasteiger partial charge in [0.05, 0.1) is 19.9 Å². The molecule has 0 amide bonds. The topological polar surface area (TPSA) is 33.6 Å². The average Bonchev–Trinajstić information content (AvgIpc) is 2.45. The van der Waals surface area contributed by atoms with Crippen molar-refractivity contribution in [2.75, 3.05) is 7.11 Å². The van der Waals surface area contributed by atoms with Crippen molar-refractivity contribution < 1.29 is 4.74 Å². The van der Waals surface area contributed by atoms with Gasteiger partial charge < -0.3 is 10.2 Å². The molecule has 0 unspecified atom stereocenters. The summed E-state index contributed by atoms with van der Waals surface area (Å²) in [5.74, 6) is 0.875. The summed E-state index contributed by atoms with van der Waals surface area (Å²) in [5.41, 5.74) is 5.23. The van der Waals surface area contributed by atoms with Crippen LogP contribution in [0.3, 0.4) is 0 Å². The molecule has 2 rings (SSSR count). The second-order valence-corrected chi connectivity index (χ2v) is 5.09. The van der Waals surface area contributed by atoms with Crippen molar-refractivity contribution in [3.05, 3.63) is 63.2 Å². The van der Waals surface area contributed by atoms with Crippen LogP contribution in [-0.2, 0) is 6.54 Å². The van der Waals surface area contributed by atoms with E-state index in [0.29, 0.717) is 6.54 Å². The summed E-state index contributed by atoms with van der Waals surface area (Å²) in [5, 5.41) is 4.24. The van der Waals surface area contributed by atoms with Crippen LogP contribution >= 0.6 is 22.6 Å². The van der Waals surface area contributed by atoms with Crippen molar-refractivity contribution in [2.45, 2.75) is 6.54 Å². The van der Waals surface area contributed by atoms with E-state index < -0.39 is 0 Å². The highest BCUT2D eigenvalue weighted by Gasteiger charge is 1.99. The summed E-state index contributed by atoms with van der Waals surface area (Å²) in [6.07, 6.45) is 1.83. The van der Waals surface area contributed by atoms with Crippen molar-refractivity contribution in [3.8, 4) is 5.75 Å². The summed E-state index contributed by atoms with van der Waals surface area (Å²) in [6, 6.07) is 16.0. The van der Waals surface area contributed by atoms with Gasteiger partial charge in [0.1, 0.15) is 5.75 Å². The molecule has 0 aromatic heterocycles. The molecule has 4 heteroatoms. The van der Waals surface area contributed by atoms with E-state index in [9.17, 15) is 0 Å². The highest BCUT2D eigenvalue weighted by Crippen LogP contribution is 2.16. The van der Waals surface area contributed by atoms with Crippen LogP contribution in [0, 0.1) is 3.57 Å². The van der Waals surface area contributed by atoms with Crippen molar-refractivity contribution in [1.29, 1.82) is 0 Å². The van der Waals surface area contributed by atoms with Crippen LogP contribution in [-0.4, -0.2) is 13.3 Å². The molecule has 1 N–H and O–H groups in total. The zero-order valence-corrected chi connectivity index (χ0v) is 12.8. The normalized spacial score (nSPS) is 10.6. The van der Waals surface area contributed by atoms with Crippen molar-refractivity contribution in [1.82, 2.24) is 5.43 Å². The number of nitrogens with one attached hydrogen (secondary N) is 1. The summed E-state index contributed by atoms with van der Waals surface area (Å²) in [4.78, 5) is 0. The molecule has 0 bridgehead atoms. The molecule has 2 aromatic carbocycles. The lowest BCUT2D eigenvalue weighted by Gasteiger charge is -2.07. The number of hydrazone groups is 1. The van der Waals surface area contributed by atoms with Gasteiger partial charge in [-0.1, -0.05) is 36.4 Å². The van der Waals surface area contributed by atoms with Crippen molar-refractivity contribution >= 4 is 28.8 Å². The third kappa shape index (κ3) is 3.96. The number of benzene rings is 2. The lowest BCUT2D eigenvalue weighted by molar-refractivity contribution is 0.408. The van der Waals surface area contributed by atoms with E-state index in [4.69, 9.17) is 4.74 Å². The Morgan fingerprint density at radius 1 is 1.16 bits per heavy atom. The predicted molar refractivity (Wildman–Crippen MR) is 86.6 cm³/mol. The van der Waals surface area contributed by atoms with E-state index in [1.165, 1.54) is 3.57 Å². The molecule has 0 saturated carbocycles. The quantitative estimate of drug-likeness (QED) is 0.500. The molecule has 0 saturated heterocycles. The maximum atomic E-state index is 5.29. The molecule has 98 valence electrons. The second kappa shape index (κ2) is 7.13. The second-order valence-electron chi connectivity index (χ2n) is 3.93. The number of para-hydroxylation sites is 1. The minimum absolute atomic E-state index is 0.643. The van der Waals surface area contributed by atoms with Gasteiger partial charge in [0.15, 0.2) is 0 Å². The molecule has 2 aromatic rings. The van der Waals surface area contributed by atoms with Gasteiger partial charge in [0.2, 0.25) is 0 Å².